The molecule has 0 unspecified atom stereocenters. The predicted octanol–water partition coefficient (Wildman–Crippen LogP) is 1.18. The van der Waals surface area contributed by atoms with E-state index in [2.05, 4.69) is 10.5 Å². The quantitative estimate of drug-likeness (QED) is 0.752. The molecule has 1 aliphatic rings. The average Bonchev–Trinajstić information content (AvgIpc) is 2.47. The molecular weight excluding hydrogens is 212 g/mol. The van der Waals surface area contributed by atoms with Crippen molar-refractivity contribution in [1.82, 2.24) is 5.16 Å². The molecule has 6 nitrogen and oxygen atoms in total. The number of rotatable bonds is 3. The number of amides is 1. The highest BCUT2D eigenvalue weighted by Gasteiger charge is 2.51. The summed E-state index contributed by atoms with van der Waals surface area (Å²) in [6.45, 7) is 1.69. The average molecular weight is 224 g/mol. The van der Waals surface area contributed by atoms with Crippen molar-refractivity contribution in [3.05, 3.63) is 11.8 Å². The standard InChI is InChI=1S/C10H12N2O4/c1-6-5-7(12-16-6)11-8(13)10(9(14)15)3-2-4-10/h5H,2-4H2,1H3,(H,14,15)(H,11,12,13). The van der Waals surface area contributed by atoms with Crippen molar-refractivity contribution in [2.75, 3.05) is 5.32 Å². The summed E-state index contributed by atoms with van der Waals surface area (Å²) in [5.41, 5.74) is -1.27. The van der Waals surface area contributed by atoms with Gasteiger partial charge in [-0.15, -0.1) is 0 Å². The molecule has 0 bridgehead atoms. The van der Waals surface area contributed by atoms with Gasteiger partial charge in [0.15, 0.2) is 5.82 Å². The maximum atomic E-state index is 11.8. The largest absolute Gasteiger partial charge is 0.480 e. The van der Waals surface area contributed by atoms with E-state index < -0.39 is 17.3 Å². The fraction of sp³-hybridized carbons (Fsp3) is 0.500. The first-order chi connectivity index (χ1) is 7.54. The molecule has 0 aromatic carbocycles. The summed E-state index contributed by atoms with van der Waals surface area (Å²) in [5.74, 6) is -0.765. The molecule has 6 heteroatoms. The number of nitrogens with zero attached hydrogens (tertiary/aromatic N) is 1. The van der Waals surface area contributed by atoms with Crippen LogP contribution in [0.1, 0.15) is 25.0 Å². The molecule has 2 rings (SSSR count). The van der Waals surface area contributed by atoms with E-state index in [4.69, 9.17) is 9.63 Å². The van der Waals surface area contributed by atoms with Gasteiger partial charge in [0, 0.05) is 6.07 Å². The zero-order valence-electron chi connectivity index (χ0n) is 8.82. The van der Waals surface area contributed by atoms with Crippen molar-refractivity contribution < 1.29 is 19.2 Å². The van der Waals surface area contributed by atoms with Gasteiger partial charge in [-0.05, 0) is 19.8 Å². The summed E-state index contributed by atoms with van der Waals surface area (Å²) in [7, 11) is 0. The zero-order valence-corrected chi connectivity index (χ0v) is 8.82. The summed E-state index contributed by atoms with van der Waals surface area (Å²) >= 11 is 0. The fourth-order valence-electron chi connectivity index (χ4n) is 1.73. The van der Waals surface area contributed by atoms with E-state index in [9.17, 15) is 9.59 Å². The third-order valence-electron chi connectivity index (χ3n) is 2.92. The molecule has 2 N–H and O–H groups in total. The molecule has 1 aromatic rings. The lowest BCUT2D eigenvalue weighted by atomic mass is 9.68. The van der Waals surface area contributed by atoms with E-state index in [1.54, 1.807) is 13.0 Å². The Bertz CT molecular complexity index is 434. The molecule has 0 saturated heterocycles. The van der Waals surface area contributed by atoms with Gasteiger partial charge >= 0.3 is 5.97 Å². The van der Waals surface area contributed by atoms with Gasteiger partial charge in [0.1, 0.15) is 11.2 Å². The molecule has 1 amide bonds. The number of aliphatic carboxylic acids is 1. The molecule has 0 spiro atoms. The summed E-state index contributed by atoms with van der Waals surface area (Å²) in [5, 5.41) is 15.1. The Kier molecular flexibility index (Phi) is 2.41. The topological polar surface area (TPSA) is 92.4 Å². The zero-order chi connectivity index (χ0) is 11.8. The summed E-state index contributed by atoms with van der Waals surface area (Å²) < 4.78 is 4.78. The van der Waals surface area contributed by atoms with Crippen LogP contribution in [0.4, 0.5) is 5.82 Å². The Morgan fingerprint density at radius 1 is 1.56 bits per heavy atom. The second-order valence-corrected chi connectivity index (χ2v) is 4.02. The summed E-state index contributed by atoms with van der Waals surface area (Å²) in [6.07, 6.45) is 1.52. The number of carbonyl (C=O) groups is 2. The van der Waals surface area contributed by atoms with Gasteiger partial charge in [-0.3, -0.25) is 9.59 Å². The molecular formula is C10H12N2O4. The van der Waals surface area contributed by atoms with Crippen molar-refractivity contribution in [1.29, 1.82) is 0 Å². The number of carboxylic acids is 1. The lowest BCUT2D eigenvalue weighted by Gasteiger charge is -2.35. The van der Waals surface area contributed by atoms with Crippen molar-refractivity contribution in [3.63, 3.8) is 0 Å². The number of hydrogen-bond acceptors (Lipinski definition) is 4. The Morgan fingerprint density at radius 3 is 2.62 bits per heavy atom. The fourth-order valence-corrected chi connectivity index (χ4v) is 1.73. The highest BCUT2D eigenvalue weighted by atomic mass is 16.5. The molecule has 0 atom stereocenters. The lowest BCUT2D eigenvalue weighted by molar-refractivity contribution is -0.159. The van der Waals surface area contributed by atoms with Crippen LogP contribution in [-0.4, -0.2) is 22.1 Å². The second-order valence-electron chi connectivity index (χ2n) is 4.02. The third-order valence-corrected chi connectivity index (χ3v) is 2.92. The number of aromatic nitrogens is 1. The van der Waals surface area contributed by atoms with Crippen molar-refractivity contribution in [2.24, 2.45) is 5.41 Å². The van der Waals surface area contributed by atoms with Crippen LogP contribution in [0.5, 0.6) is 0 Å². The van der Waals surface area contributed by atoms with Gasteiger partial charge in [0.25, 0.3) is 0 Å². The van der Waals surface area contributed by atoms with Gasteiger partial charge in [-0.1, -0.05) is 11.6 Å². The maximum Gasteiger partial charge on any atom is 0.319 e. The monoisotopic (exact) mass is 224 g/mol. The van der Waals surface area contributed by atoms with Crippen molar-refractivity contribution >= 4 is 17.7 Å². The van der Waals surface area contributed by atoms with Crippen LogP contribution >= 0.6 is 0 Å². The molecule has 0 aliphatic heterocycles. The smallest absolute Gasteiger partial charge is 0.319 e. The number of hydrogen-bond donors (Lipinski definition) is 2. The normalized spacial score (nSPS) is 17.6. The first-order valence-corrected chi connectivity index (χ1v) is 5.03. The van der Waals surface area contributed by atoms with Crippen LogP contribution in [0, 0.1) is 12.3 Å². The van der Waals surface area contributed by atoms with Gasteiger partial charge in [0.2, 0.25) is 5.91 Å². The van der Waals surface area contributed by atoms with Crippen LogP contribution in [0.2, 0.25) is 0 Å². The minimum atomic E-state index is -1.27. The molecule has 1 aliphatic carbocycles. The van der Waals surface area contributed by atoms with Crippen LogP contribution < -0.4 is 5.32 Å². The van der Waals surface area contributed by atoms with E-state index >= 15 is 0 Å². The molecule has 86 valence electrons. The van der Waals surface area contributed by atoms with E-state index in [0.717, 1.165) is 6.42 Å². The first-order valence-electron chi connectivity index (χ1n) is 5.03. The van der Waals surface area contributed by atoms with Gasteiger partial charge in [0.05, 0.1) is 0 Å². The molecule has 1 fully saturated rings. The van der Waals surface area contributed by atoms with Crippen LogP contribution in [0.25, 0.3) is 0 Å². The molecule has 16 heavy (non-hydrogen) atoms. The maximum absolute atomic E-state index is 11.8. The second kappa shape index (κ2) is 3.62. The number of nitrogens with one attached hydrogen (secondary N) is 1. The predicted molar refractivity (Wildman–Crippen MR) is 53.8 cm³/mol. The van der Waals surface area contributed by atoms with E-state index in [0.29, 0.717) is 18.6 Å². The summed E-state index contributed by atoms with van der Waals surface area (Å²) in [6, 6.07) is 1.55. The van der Waals surface area contributed by atoms with E-state index in [-0.39, 0.29) is 5.82 Å². The molecule has 1 saturated carbocycles. The number of carbonyl (C=O) groups excluding carboxylic acids is 1. The minimum absolute atomic E-state index is 0.259. The number of anilines is 1. The lowest BCUT2D eigenvalue weighted by Crippen LogP contribution is -2.48. The summed E-state index contributed by atoms with van der Waals surface area (Å²) in [4.78, 5) is 22.8. The van der Waals surface area contributed by atoms with Gasteiger partial charge in [-0.2, -0.15) is 0 Å². The molecule has 1 aromatic heterocycles. The van der Waals surface area contributed by atoms with Crippen LogP contribution in [-0.2, 0) is 9.59 Å². The highest BCUT2D eigenvalue weighted by Crippen LogP contribution is 2.42. The highest BCUT2D eigenvalue weighted by molar-refractivity contribution is 6.08. The Labute approximate surface area is 91.6 Å². The number of aryl methyl sites for hydroxylation is 1. The minimum Gasteiger partial charge on any atom is -0.480 e. The van der Waals surface area contributed by atoms with Crippen LogP contribution in [0.15, 0.2) is 10.6 Å². The van der Waals surface area contributed by atoms with Crippen molar-refractivity contribution in [2.45, 2.75) is 26.2 Å². The Balaban J connectivity index is 2.10. The van der Waals surface area contributed by atoms with Crippen molar-refractivity contribution in [3.8, 4) is 0 Å². The Hall–Kier alpha value is -1.85. The van der Waals surface area contributed by atoms with Gasteiger partial charge in [-0.25, -0.2) is 0 Å². The Morgan fingerprint density at radius 2 is 2.25 bits per heavy atom. The number of carboxylic acid groups (broad SMARTS) is 1. The SMILES string of the molecule is Cc1cc(NC(=O)C2(C(=O)O)CCC2)no1. The third kappa shape index (κ3) is 1.56. The van der Waals surface area contributed by atoms with Crippen LogP contribution in [0.3, 0.4) is 0 Å². The van der Waals surface area contributed by atoms with E-state index in [1.807, 2.05) is 0 Å². The molecule has 1 heterocycles. The molecule has 0 radical (unpaired) electrons. The van der Waals surface area contributed by atoms with Gasteiger partial charge < -0.3 is 14.9 Å². The first kappa shape index (κ1) is 10.7. The van der Waals surface area contributed by atoms with E-state index in [1.165, 1.54) is 0 Å².